The summed E-state index contributed by atoms with van der Waals surface area (Å²) in [5.74, 6) is 1.08. The molecule has 94 valence electrons. The molecule has 0 saturated carbocycles. The fourth-order valence-electron chi connectivity index (χ4n) is 1.80. The highest BCUT2D eigenvalue weighted by Crippen LogP contribution is 2.30. The van der Waals surface area contributed by atoms with Gasteiger partial charge in [-0.2, -0.15) is 0 Å². The Balaban J connectivity index is 2.12. The second-order valence-corrected chi connectivity index (χ2v) is 4.39. The Bertz CT molecular complexity index is 746. The zero-order valence-electron chi connectivity index (χ0n) is 10.2. The van der Waals surface area contributed by atoms with Crippen LogP contribution in [0.1, 0.15) is 5.69 Å². The molecule has 0 atom stereocenters. The Morgan fingerprint density at radius 3 is 2.58 bits per heavy atom. The molecule has 2 heterocycles. The predicted molar refractivity (Wildman–Crippen MR) is 73.6 cm³/mol. The molecule has 3 aromatic rings. The molecule has 5 heteroatoms. The lowest BCUT2D eigenvalue weighted by atomic mass is 10.2. The van der Waals surface area contributed by atoms with E-state index in [-0.39, 0.29) is 0 Å². The number of pyridine rings is 1. The highest BCUT2D eigenvalue weighted by molar-refractivity contribution is 6.34. The Kier molecular flexibility index (Phi) is 3.01. The van der Waals surface area contributed by atoms with Crippen LogP contribution in [0.2, 0.25) is 5.15 Å². The van der Waals surface area contributed by atoms with Crippen LogP contribution in [0.5, 0.6) is 11.6 Å². The number of hydrogen-bond acceptors (Lipinski definition) is 4. The van der Waals surface area contributed by atoms with Gasteiger partial charge in [-0.1, -0.05) is 29.8 Å². The van der Waals surface area contributed by atoms with Gasteiger partial charge in [0.25, 0.3) is 0 Å². The summed E-state index contributed by atoms with van der Waals surface area (Å²) in [6, 6.07) is 11.2. The Hall–Kier alpha value is -2.20. The molecule has 2 aromatic heterocycles. The average molecular weight is 272 g/mol. The highest BCUT2D eigenvalue weighted by Gasteiger charge is 2.10. The normalized spacial score (nSPS) is 10.6. The first-order valence-corrected chi connectivity index (χ1v) is 6.14. The van der Waals surface area contributed by atoms with Gasteiger partial charge in [0.15, 0.2) is 10.9 Å². The van der Waals surface area contributed by atoms with Crippen LogP contribution in [0.4, 0.5) is 0 Å². The van der Waals surface area contributed by atoms with Gasteiger partial charge in [-0.25, -0.2) is 0 Å². The molecule has 0 saturated heterocycles. The lowest BCUT2D eigenvalue weighted by Gasteiger charge is -2.09. The number of hydrogen-bond donors (Lipinski definition) is 0. The minimum Gasteiger partial charge on any atom is -0.435 e. The van der Waals surface area contributed by atoms with Crippen molar-refractivity contribution in [3.8, 4) is 11.6 Å². The first kappa shape index (κ1) is 11.9. The topological polar surface area (TPSA) is 47.9 Å². The maximum Gasteiger partial charge on any atom is 0.246 e. The first-order chi connectivity index (χ1) is 9.25. The van der Waals surface area contributed by atoms with Crippen LogP contribution < -0.4 is 4.74 Å². The van der Waals surface area contributed by atoms with Gasteiger partial charge in [0.1, 0.15) is 0 Å². The van der Waals surface area contributed by atoms with Crippen molar-refractivity contribution in [3.63, 3.8) is 0 Å². The first-order valence-electron chi connectivity index (χ1n) is 5.76. The second-order valence-electron chi connectivity index (χ2n) is 4.03. The minimum absolute atomic E-state index is 0.367. The standard InChI is InChI=1S/C14H10ClN3O/c1-9-12(7-4-8-16-9)19-14-11-6-3-2-5-10(11)13(15)17-18-14/h2-8H,1H3. The van der Waals surface area contributed by atoms with E-state index in [1.165, 1.54) is 0 Å². The molecule has 0 bridgehead atoms. The average Bonchev–Trinajstić information content (AvgIpc) is 2.44. The number of halogens is 1. The number of aryl methyl sites for hydroxylation is 1. The Morgan fingerprint density at radius 1 is 1.00 bits per heavy atom. The molecule has 0 fully saturated rings. The molecule has 1 aromatic carbocycles. The number of rotatable bonds is 2. The summed E-state index contributed by atoms with van der Waals surface area (Å²) in [5, 5.41) is 9.92. The molecule has 3 rings (SSSR count). The number of ether oxygens (including phenoxy) is 1. The molecule has 0 aliphatic heterocycles. The third-order valence-electron chi connectivity index (χ3n) is 2.77. The van der Waals surface area contributed by atoms with E-state index in [0.717, 1.165) is 16.5 Å². The predicted octanol–water partition coefficient (Wildman–Crippen LogP) is 3.78. The second kappa shape index (κ2) is 4.82. The number of aromatic nitrogens is 3. The quantitative estimate of drug-likeness (QED) is 0.712. The van der Waals surface area contributed by atoms with E-state index in [0.29, 0.717) is 16.8 Å². The molecule has 0 N–H and O–H groups in total. The van der Waals surface area contributed by atoms with Crippen LogP contribution in [0, 0.1) is 6.92 Å². The highest BCUT2D eigenvalue weighted by atomic mass is 35.5. The van der Waals surface area contributed by atoms with Crippen molar-refractivity contribution in [1.29, 1.82) is 0 Å². The van der Waals surface area contributed by atoms with E-state index >= 15 is 0 Å². The van der Waals surface area contributed by atoms with Crippen molar-refractivity contribution in [2.45, 2.75) is 6.92 Å². The van der Waals surface area contributed by atoms with Gasteiger partial charge in [0, 0.05) is 17.0 Å². The van der Waals surface area contributed by atoms with Gasteiger partial charge in [-0.3, -0.25) is 4.98 Å². The van der Waals surface area contributed by atoms with Gasteiger partial charge in [0.05, 0.1) is 5.69 Å². The number of benzene rings is 1. The third-order valence-corrected chi connectivity index (χ3v) is 3.05. The van der Waals surface area contributed by atoms with Crippen LogP contribution in [0.15, 0.2) is 42.6 Å². The van der Waals surface area contributed by atoms with E-state index in [9.17, 15) is 0 Å². The summed E-state index contributed by atoms with van der Waals surface area (Å²) in [5.41, 5.74) is 0.795. The van der Waals surface area contributed by atoms with Crippen LogP contribution >= 0.6 is 11.6 Å². The SMILES string of the molecule is Cc1ncccc1Oc1nnc(Cl)c2ccccc12. The van der Waals surface area contributed by atoms with Gasteiger partial charge in [-0.05, 0) is 25.1 Å². The van der Waals surface area contributed by atoms with Gasteiger partial charge >= 0.3 is 0 Å². The van der Waals surface area contributed by atoms with Crippen molar-refractivity contribution in [2.24, 2.45) is 0 Å². The zero-order chi connectivity index (χ0) is 13.2. The molecular weight excluding hydrogens is 262 g/mol. The van der Waals surface area contributed by atoms with Crippen molar-refractivity contribution in [3.05, 3.63) is 53.4 Å². The Morgan fingerprint density at radius 2 is 1.79 bits per heavy atom. The van der Waals surface area contributed by atoms with E-state index in [1.54, 1.807) is 6.20 Å². The van der Waals surface area contributed by atoms with Gasteiger partial charge in [0.2, 0.25) is 5.88 Å². The van der Waals surface area contributed by atoms with Crippen molar-refractivity contribution in [2.75, 3.05) is 0 Å². The van der Waals surface area contributed by atoms with Crippen LogP contribution in [-0.4, -0.2) is 15.2 Å². The molecule has 0 amide bonds. The summed E-state index contributed by atoms with van der Waals surface area (Å²) < 4.78 is 5.78. The lowest BCUT2D eigenvalue weighted by Crippen LogP contribution is -1.95. The summed E-state index contributed by atoms with van der Waals surface area (Å²) in [6.07, 6.45) is 1.72. The molecule has 0 unspecified atom stereocenters. The number of fused-ring (bicyclic) bond motifs is 1. The van der Waals surface area contributed by atoms with Crippen LogP contribution in [0.3, 0.4) is 0 Å². The minimum atomic E-state index is 0.367. The fraction of sp³-hybridized carbons (Fsp3) is 0.0714. The largest absolute Gasteiger partial charge is 0.435 e. The summed E-state index contributed by atoms with van der Waals surface area (Å²) in [4.78, 5) is 4.17. The number of nitrogens with zero attached hydrogens (tertiary/aromatic N) is 3. The maximum atomic E-state index is 6.02. The van der Waals surface area contributed by atoms with Crippen LogP contribution in [0.25, 0.3) is 10.8 Å². The third kappa shape index (κ3) is 2.22. The van der Waals surface area contributed by atoms with E-state index < -0.39 is 0 Å². The van der Waals surface area contributed by atoms with E-state index in [4.69, 9.17) is 16.3 Å². The molecule has 0 aliphatic rings. The maximum absolute atomic E-state index is 6.02. The smallest absolute Gasteiger partial charge is 0.246 e. The van der Waals surface area contributed by atoms with Crippen molar-refractivity contribution >= 4 is 22.4 Å². The summed E-state index contributed by atoms with van der Waals surface area (Å²) in [7, 11) is 0. The molecular formula is C14H10ClN3O. The molecule has 19 heavy (non-hydrogen) atoms. The zero-order valence-corrected chi connectivity index (χ0v) is 10.9. The lowest BCUT2D eigenvalue weighted by molar-refractivity contribution is 0.456. The molecule has 0 radical (unpaired) electrons. The van der Waals surface area contributed by atoms with Gasteiger partial charge in [-0.15, -0.1) is 10.2 Å². The van der Waals surface area contributed by atoms with E-state index in [1.807, 2.05) is 43.3 Å². The van der Waals surface area contributed by atoms with Crippen molar-refractivity contribution < 1.29 is 4.74 Å². The molecule has 0 aliphatic carbocycles. The Labute approximate surface area is 115 Å². The van der Waals surface area contributed by atoms with Crippen molar-refractivity contribution in [1.82, 2.24) is 15.2 Å². The molecule has 4 nitrogen and oxygen atoms in total. The fourth-order valence-corrected chi connectivity index (χ4v) is 2.01. The van der Waals surface area contributed by atoms with Crippen LogP contribution in [-0.2, 0) is 0 Å². The van der Waals surface area contributed by atoms with E-state index in [2.05, 4.69) is 15.2 Å². The molecule has 0 spiro atoms. The summed E-state index contributed by atoms with van der Waals surface area (Å²) in [6.45, 7) is 1.88. The van der Waals surface area contributed by atoms with Gasteiger partial charge < -0.3 is 4.74 Å². The monoisotopic (exact) mass is 271 g/mol. The summed E-state index contributed by atoms with van der Waals surface area (Å²) >= 11 is 6.02.